The van der Waals surface area contributed by atoms with Gasteiger partial charge in [0.1, 0.15) is 0 Å². The summed E-state index contributed by atoms with van der Waals surface area (Å²) in [7, 11) is 0. The molecule has 0 aliphatic carbocycles. The first-order chi connectivity index (χ1) is 8.53. The van der Waals surface area contributed by atoms with Crippen LogP contribution in [0.5, 0.6) is 0 Å². The molecule has 1 heterocycles. The fourth-order valence-corrected chi connectivity index (χ4v) is 3.22. The number of nitrogens with one attached hydrogen (secondary N) is 1. The molecule has 2 aromatic rings. The average Bonchev–Trinajstić information content (AvgIpc) is 2.67. The molecule has 0 spiro atoms. The summed E-state index contributed by atoms with van der Waals surface area (Å²) in [6.45, 7) is 5.77. The van der Waals surface area contributed by atoms with Crippen LogP contribution in [0.4, 0.5) is 0 Å². The summed E-state index contributed by atoms with van der Waals surface area (Å²) in [5.74, 6) is 0. The van der Waals surface area contributed by atoms with Crippen LogP contribution in [0.15, 0.2) is 24.3 Å². The van der Waals surface area contributed by atoms with Crippen LogP contribution in [0.3, 0.4) is 0 Å². The first kappa shape index (κ1) is 13.8. The molecule has 0 aliphatic rings. The Balaban J connectivity index is 2.06. The van der Waals surface area contributed by atoms with Gasteiger partial charge in [0.15, 0.2) is 0 Å². The van der Waals surface area contributed by atoms with Crippen LogP contribution in [0, 0.1) is 5.41 Å². The number of hydrogen-bond donors (Lipinski definition) is 2. The Labute approximate surface area is 117 Å². The lowest BCUT2D eigenvalue weighted by Crippen LogP contribution is -2.31. The predicted octanol–water partition coefficient (Wildman–Crippen LogP) is 3.66. The van der Waals surface area contributed by atoms with Gasteiger partial charge in [0.25, 0.3) is 0 Å². The highest BCUT2D eigenvalue weighted by Crippen LogP contribution is 2.35. The lowest BCUT2D eigenvalue weighted by atomic mass is 9.95. The van der Waals surface area contributed by atoms with Crippen molar-refractivity contribution in [1.29, 1.82) is 0 Å². The highest BCUT2D eigenvalue weighted by atomic mass is 35.5. The Morgan fingerprint density at radius 1 is 1.33 bits per heavy atom. The third-order valence-electron chi connectivity index (χ3n) is 2.92. The van der Waals surface area contributed by atoms with Crippen LogP contribution < -0.4 is 5.32 Å². The maximum Gasteiger partial charge on any atom is 0.0636 e. The molecule has 0 saturated carbocycles. The van der Waals surface area contributed by atoms with E-state index in [0.717, 1.165) is 28.4 Å². The third kappa shape index (κ3) is 3.04. The fourth-order valence-electron chi connectivity index (χ4n) is 1.75. The molecule has 0 unspecified atom stereocenters. The van der Waals surface area contributed by atoms with Gasteiger partial charge in [-0.15, -0.1) is 11.3 Å². The molecule has 0 radical (unpaired) electrons. The van der Waals surface area contributed by atoms with Crippen LogP contribution in [0.1, 0.15) is 18.7 Å². The Bertz CT molecular complexity index is 536. The monoisotopic (exact) mass is 283 g/mol. The first-order valence-corrected chi connectivity index (χ1v) is 7.20. The topological polar surface area (TPSA) is 32.3 Å². The first-order valence-electron chi connectivity index (χ1n) is 6.01. The van der Waals surface area contributed by atoms with Gasteiger partial charge in [-0.3, -0.25) is 0 Å². The smallest absolute Gasteiger partial charge is 0.0636 e. The van der Waals surface area contributed by atoms with E-state index in [0.29, 0.717) is 0 Å². The molecule has 2 rings (SSSR count). The zero-order valence-electron chi connectivity index (χ0n) is 10.7. The molecule has 0 bridgehead atoms. The molecule has 0 amide bonds. The molecule has 18 heavy (non-hydrogen) atoms. The standard InChI is InChI=1S/C14H18ClNOS/c1-14(2,9-17)8-16-7-12-13(15)10-5-3-4-6-11(10)18-12/h3-6,16-17H,7-9H2,1-2H3. The molecule has 0 fully saturated rings. The van der Waals surface area contributed by atoms with Crippen molar-refractivity contribution in [2.45, 2.75) is 20.4 Å². The van der Waals surface area contributed by atoms with Crippen molar-refractivity contribution >= 4 is 33.0 Å². The van der Waals surface area contributed by atoms with Gasteiger partial charge < -0.3 is 10.4 Å². The molecule has 0 saturated heterocycles. The van der Waals surface area contributed by atoms with Crippen molar-refractivity contribution in [2.75, 3.05) is 13.2 Å². The summed E-state index contributed by atoms with van der Waals surface area (Å²) in [5, 5.41) is 14.5. The lowest BCUT2D eigenvalue weighted by Gasteiger charge is -2.21. The maximum absolute atomic E-state index is 9.20. The molecular formula is C14H18ClNOS. The van der Waals surface area contributed by atoms with Gasteiger partial charge in [-0.1, -0.05) is 43.6 Å². The van der Waals surface area contributed by atoms with Crippen LogP contribution in [-0.4, -0.2) is 18.3 Å². The van der Waals surface area contributed by atoms with Crippen molar-refractivity contribution < 1.29 is 5.11 Å². The van der Waals surface area contributed by atoms with Gasteiger partial charge in [0.2, 0.25) is 0 Å². The second kappa shape index (κ2) is 5.57. The number of halogens is 1. The second-order valence-electron chi connectivity index (χ2n) is 5.26. The van der Waals surface area contributed by atoms with Crippen LogP contribution >= 0.6 is 22.9 Å². The van der Waals surface area contributed by atoms with Crippen LogP contribution in [-0.2, 0) is 6.54 Å². The number of rotatable bonds is 5. The van der Waals surface area contributed by atoms with Gasteiger partial charge in [-0.05, 0) is 6.07 Å². The van der Waals surface area contributed by atoms with Crippen molar-refractivity contribution in [3.63, 3.8) is 0 Å². The Morgan fingerprint density at radius 2 is 2.06 bits per heavy atom. The summed E-state index contributed by atoms with van der Waals surface area (Å²) >= 11 is 8.09. The van der Waals surface area contributed by atoms with Gasteiger partial charge in [-0.25, -0.2) is 0 Å². The van der Waals surface area contributed by atoms with Crippen LogP contribution in [0.25, 0.3) is 10.1 Å². The molecule has 2 N–H and O–H groups in total. The molecular weight excluding hydrogens is 266 g/mol. The van der Waals surface area contributed by atoms with Crippen molar-refractivity contribution in [2.24, 2.45) is 5.41 Å². The zero-order chi connectivity index (χ0) is 13.2. The molecule has 1 aromatic carbocycles. The number of aliphatic hydroxyl groups excluding tert-OH is 1. The summed E-state index contributed by atoms with van der Waals surface area (Å²) in [6.07, 6.45) is 0. The number of fused-ring (bicyclic) bond motifs is 1. The van der Waals surface area contributed by atoms with E-state index in [1.54, 1.807) is 11.3 Å². The van der Waals surface area contributed by atoms with E-state index in [1.807, 2.05) is 26.0 Å². The minimum absolute atomic E-state index is 0.0941. The molecule has 0 atom stereocenters. The quantitative estimate of drug-likeness (QED) is 0.878. The molecule has 98 valence electrons. The number of hydrogen-bond acceptors (Lipinski definition) is 3. The van der Waals surface area contributed by atoms with E-state index in [-0.39, 0.29) is 12.0 Å². The Hall–Kier alpha value is -0.610. The number of thiophene rings is 1. The predicted molar refractivity (Wildman–Crippen MR) is 79.4 cm³/mol. The molecule has 4 heteroatoms. The normalized spacial score (nSPS) is 12.2. The van der Waals surface area contributed by atoms with Crippen LogP contribution in [0.2, 0.25) is 5.02 Å². The number of benzene rings is 1. The second-order valence-corrected chi connectivity index (χ2v) is 6.78. The maximum atomic E-state index is 9.20. The van der Waals surface area contributed by atoms with Crippen molar-refractivity contribution in [1.82, 2.24) is 5.32 Å². The minimum Gasteiger partial charge on any atom is -0.396 e. The highest BCUT2D eigenvalue weighted by molar-refractivity contribution is 7.19. The van der Waals surface area contributed by atoms with Gasteiger partial charge >= 0.3 is 0 Å². The molecule has 0 aliphatic heterocycles. The fraction of sp³-hybridized carbons (Fsp3) is 0.429. The number of aliphatic hydroxyl groups is 1. The van der Waals surface area contributed by atoms with E-state index in [2.05, 4.69) is 17.4 Å². The highest BCUT2D eigenvalue weighted by Gasteiger charge is 2.16. The Kier molecular flexibility index (Phi) is 4.28. The van der Waals surface area contributed by atoms with Gasteiger partial charge in [-0.2, -0.15) is 0 Å². The Morgan fingerprint density at radius 3 is 2.72 bits per heavy atom. The van der Waals surface area contributed by atoms with E-state index in [1.165, 1.54) is 4.70 Å². The summed E-state index contributed by atoms with van der Waals surface area (Å²) in [4.78, 5) is 1.16. The summed E-state index contributed by atoms with van der Waals surface area (Å²) in [5.41, 5.74) is -0.0941. The largest absolute Gasteiger partial charge is 0.396 e. The van der Waals surface area contributed by atoms with E-state index < -0.39 is 0 Å². The third-order valence-corrected chi connectivity index (χ3v) is 4.63. The summed E-state index contributed by atoms with van der Waals surface area (Å²) in [6, 6.07) is 8.18. The average molecular weight is 284 g/mol. The SMILES string of the molecule is CC(C)(CO)CNCc1sc2ccccc2c1Cl. The van der Waals surface area contributed by atoms with Crippen molar-refractivity contribution in [3.8, 4) is 0 Å². The van der Waals surface area contributed by atoms with Gasteiger partial charge in [0.05, 0.1) is 5.02 Å². The molecule has 2 nitrogen and oxygen atoms in total. The van der Waals surface area contributed by atoms with E-state index >= 15 is 0 Å². The minimum atomic E-state index is -0.0941. The molecule has 1 aromatic heterocycles. The van der Waals surface area contributed by atoms with Crippen molar-refractivity contribution in [3.05, 3.63) is 34.2 Å². The summed E-state index contributed by atoms with van der Waals surface area (Å²) < 4.78 is 1.22. The van der Waals surface area contributed by atoms with Gasteiger partial charge in [0, 0.05) is 40.1 Å². The van der Waals surface area contributed by atoms with E-state index in [9.17, 15) is 5.11 Å². The van der Waals surface area contributed by atoms with E-state index in [4.69, 9.17) is 11.6 Å². The lowest BCUT2D eigenvalue weighted by molar-refractivity contribution is 0.157. The zero-order valence-corrected chi connectivity index (χ0v) is 12.2.